The van der Waals surface area contributed by atoms with Crippen molar-refractivity contribution in [3.63, 3.8) is 0 Å². The number of methoxy groups -OCH3 is 1. The first-order valence-corrected chi connectivity index (χ1v) is 5.43. The Bertz CT molecular complexity index is 406. The molecule has 1 aromatic carbocycles. The van der Waals surface area contributed by atoms with E-state index < -0.39 is 6.16 Å². The summed E-state index contributed by atoms with van der Waals surface area (Å²) in [5.41, 5.74) is 1.65. The van der Waals surface area contributed by atoms with Crippen LogP contribution < -0.4 is 0 Å². The number of nitrogens with zero attached hydrogens (tertiary/aromatic N) is 1. The first-order chi connectivity index (χ1) is 8.19. The van der Waals surface area contributed by atoms with Gasteiger partial charge in [0, 0.05) is 6.42 Å². The molecule has 0 heterocycles. The van der Waals surface area contributed by atoms with Crippen LogP contribution in [-0.2, 0) is 15.9 Å². The van der Waals surface area contributed by atoms with Gasteiger partial charge >= 0.3 is 6.16 Å². The van der Waals surface area contributed by atoms with Crippen molar-refractivity contribution in [1.82, 2.24) is 0 Å². The molecule has 0 spiro atoms. The van der Waals surface area contributed by atoms with E-state index in [9.17, 15) is 4.79 Å². The molecule has 0 radical (unpaired) electrons. The topological polar surface area (TPSA) is 59.3 Å². The molecule has 0 amide bonds. The van der Waals surface area contributed by atoms with Crippen LogP contribution in [0, 0.1) is 11.3 Å². The fourth-order valence-electron chi connectivity index (χ4n) is 1.43. The highest BCUT2D eigenvalue weighted by molar-refractivity contribution is 5.59. The third-order valence-corrected chi connectivity index (χ3v) is 2.43. The molecule has 0 saturated heterocycles. The van der Waals surface area contributed by atoms with Gasteiger partial charge in [-0.25, -0.2) is 4.79 Å². The van der Waals surface area contributed by atoms with Crippen molar-refractivity contribution in [2.24, 2.45) is 0 Å². The van der Waals surface area contributed by atoms with Crippen LogP contribution in [0.15, 0.2) is 24.3 Å². The van der Waals surface area contributed by atoms with Crippen molar-refractivity contribution in [2.75, 3.05) is 7.11 Å². The van der Waals surface area contributed by atoms with E-state index in [1.54, 1.807) is 12.1 Å². The summed E-state index contributed by atoms with van der Waals surface area (Å²) >= 11 is 0. The van der Waals surface area contributed by atoms with E-state index in [2.05, 4.69) is 10.8 Å². The second kappa shape index (κ2) is 6.54. The Balaban J connectivity index is 2.61. The Kier molecular flexibility index (Phi) is 5.02. The summed E-state index contributed by atoms with van der Waals surface area (Å²) in [7, 11) is 1.29. The number of hydrogen-bond acceptors (Lipinski definition) is 4. The van der Waals surface area contributed by atoms with Crippen LogP contribution >= 0.6 is 0 Å². The fraction of sp³-hybridized carbons (Fsp3) is 0.385. The molecule has 0 bridgehead atoms. The molecule has 0 aliphatic carbocycles. The third kappa shape index (κ3) is 4.15. The Morgan fingerprint density at radius 3 is 2.53 bits per heavy atom. The number of nitriles is 1. The number of ether oxygens (including phenoxy) is 2. The number of carbonyl (C=O) groups excluding carboxylic acids is 1. The largest absolute Gasteiger partial charge is 0.508 e. The summed E-state index contributed by atoms with van der Waals surface area (Å²) in [5.74, 6) is 0. The quantitative estimate of drug-likeness (QED) is 0.750. The van der Waals surface area contributed by atoms with Gasteiger partial charge in [0.2, 0.25) is 0 Å². The van der Waals surface area contributed by atoms with Crippen LogP contribution in [0.25, 0.3) is 0 Å². The fourth-order valence-corrected chi connectivity index (χ4v) is 1.43. The minimum atomic E-state index is -0.662. The maximum atomic E-state index is 11.0. The van der Waals surface area contributed by atoms with Crippen molar-refractivity contribution in [2.45, 2.75) is 25.9 Å². The molecule has 0 aromatic heterocycles. The zero-order valence-corrected chi connectivity index (χ0v) is 9.97. The van der Waals surface area contributed by atoms with E-state index in [0.717, 1.165) is 12.0 Å². The Morgan fingerprint density at radius 2 is 2.06 bits per heavy atom. The van der Waals surface area contributed by atoms with Gasteiger partial charge in [0.25, 0.3) is 0 Å². The Labute approximate surface area is 101 Å². The van der Waals surface area contributed by atoms with Gasteiger partial charge in [-0.1, -0.05) is 19.1 Å². The molecular formula is C13H15NO3. The monoisotopic (exact) mass is 233 g/mol. The molecule has 1 aromatic rings. The maximum absolute atomic E-state index is 11.0. The number of benzene rings is 1. The summed E-state index contributed by atoms with van der Waals surface area (Å²) in [6.45, 7) is 1.94. The molecule has 1 unspecified atom stereocenters. The molecule has 0 saturated carbocycles. The van der Waals surface area contributed by atoms with Gasteiger partial charge in [0.15, 0.2) is 0 Å². The van der Waals surface area contributed by atoms with E-state index in [4.69, 9.17) is 10.00 Å². The standard InChI is InChI=1S/C13H15NO3/c1-3-12(17-13(15)16-2)8-10-4-6-11(9-14)7-5-10/h4-7,12H,3,8H2,1-2H3. The van der Waals surface area contributed by atoms with Gasteiger partial charge in [0.1, 0.15) is 6.10 Å². The lowest BCUT2D eigenvalue weighted by atomic mass is 10.0. The van der Waals surface area contributed by atoms with Crippen molar-refractivity contribution >= 4 is 6.16 Å². The molecular weight excluding hydrogens is 218 g/mol. The maximum Gasteiger partial charge on any atom is 0.508 e. The van der Waals surface area contributed by atoms with Gasteiger partial charge in [-0.3, -0.25) is 0 Å². The molecule has 17 heavy (non-hydrogen) atoms. The zero-order valence-electron chi connectivity index (χ0n) is 9.97. The van der Waals surface area contributed by atoms with Crippen LogP contribution in [0.5, 0.6) is 0 Å². The predicted molar refractivity (Wildman–Crippen MR) is 62.4 cm³/mol. The SMILES string of the molecule is CCC(Cc1ccc(C#N)cc1)OC(=O)OC. The van der Waals surface area contributed by atoms with E-state index >= 15 is 0 Å². The molecule has 0 N–H and O–H groups in total. The first-order valence-electron chi connectivity index (χ1n) is 5.43. The summed E-state index contributed by atoms with van der Waals surface area (Å²) < 4.78 is 9.54. The Morgan fingerprint density at radius 1 is 1.41 bits per heavy atom. The minimum Gasteiger partial charge on any atom is -0.438 e. The van der Waals surface area contributed by atoms with E-state index in [1.807, 2.05) is 19.1 Å². The number of rotatable bonds is 4. The highest BCUT2D eigenvalue weighted by Crippen LogP contribution is 2.11. The summed E-state index contributed by atoms with van der Waals surface area (Å²) in [4.78, 5) is 11.0. The van der Waals surface area contributed by atoms with E-state index in [0.29, 0.717) is 12.0 Å². The second-order valence-corrected chi connectivity index (χ2v) is 3.62. The van der Waals surface area contributed by atoms with Crippen LogP contribution in [0.1, 0.15) is 24.5 Å². The molecule has 90 valence electrons. The first kappa shape index (κ1) is 13.0. The molecule has 1 rings (SSSR count). The van der Waals surface area contributed by atoms with Crippen molar-refractivity contribution in [1.29, 1.82) is 5.26 Å². The van der Waals surface area contributed by atoms with Gasteiger partial charge in [-0.15, -0.1) is 0 Å². The second-order valence-electron chi connectivity index (χ2n) is 3.62. The highest BCUT2D eigenvalue weighted by Gasteiger charge is 2.13. The van der Waals surface area contributed by atoms with Gasteiger partial charge in [0.05, 0.1) is 18.7 Å². The smallest absolute Gasteiger partial charge is 0.438 e. The molecule has 4 heteroatoms. The zero-order chi connectivity index (χ0) is 12.7. The van der Waals surface area contributed by atoms with Crippen LogP contribution in [0.2, 0.25) is 0 Å². The minimum absolute atomic E-state index is 0.199. The molecule has 0 aliphatic rings. The van der Waals surface area contributed by atoms with Gasteiger partial charge in [-0.2, -0.15) is 5.26 Å². The average Bonchev–Trinajstić information content (AvgIpc) is 2.38. The summed E-state index contributed by atoms with van der Waals surface area (Å²) in [6.07, 6.45) is 0.479. The van der Waals surface area contributed by atoms with Crippen LogP contribution in [-0.4, -0.2) is 19.4 Å². The van der Waals surface area contributed by atoms with Crippen molar-refractivity contribution < 1.29 is 14.3 Å². The van der Waals surface area contributed by atoms with Gasteiger partial charge in [-0.05, 0) is 24.1 Å². The number of hydrogen-bond donors (Lipinski definition) is 0. The van der Waals surface area contributed by atoms with Gasteiger partial charge < -0.3 is 9.47 Å². The van der Waals surface area contributed by atoms with Crippen LogP contribution in [0.4, 0.5) is 4.79 Å². The lowest BCUT2D eigenvalue weighted by Gasteiger charge is -2.15. The third-order valence-electron chi connectivity index (χ3n) is 2.43. The van der Waals surface area contributed by atoms with Crippen LogP contribution in [0.3, 0.4) is 0 Å². The normalized spacial score (nSPS) is 11.4. The van der Waals surface area contributed by atoms with Crippen molar-refractivity contribution in [3.05, 3.63) is 35.4 Å². The summed E-state index contributed by atoms with van der Waals surface area (Å²) in [6, 6.07) is 9.28. The lowest BCUT2D eigenvalue weighted by Crippen LogP contribution is -2.19. The molecule has 0 fully saturated rings. The predicted octanol–water partition coefficient (Wildman–Crippen LogP) is 2.66. The summed E-state index contributed by atoms with van der Waals surface area (Å²) in [5, 5.41) is 8.67. The van der Waals surface area contributed by atoms with Crippen molar-refractivity contribution in [3.8, 4) is 6.07 Å². The molecule has 0 aliphatic heterocycles. The van der Waals surface area contributed by atoms with E-state index in [1.165, 1.54) is 7.11 Å². The Hall–Kier alpha value is -2.02. The molecule has 1 atom stereocenters. The number of carbonyl (C=O) groups is 1. The highest BCUT2D eigenvalue weighted by atomic mass is 16.7. The average molecular weight is 233 g/mol. The van der Waals surface area contributed by atoms with E-state index in [-0.39, 0.29) is 6.10 Å². The lowest BCUT2D eigenvalue weighted by molar-refractivity contribution is 0.0357. The molecule has 4 nitrogen and oxygen atoms in total.